The molecule has 0 amide bonds. The molecule has 0 saturated heterocycles. The molecule has 1 heterocycles. The van der Waals surface area contributed by atoms with E-state index in [1.54, 1.807) is 6.26 Å². The van der Waals surface area contributed by atoms with Crippen LogP contribution in [0.3, 0.4) is 0 Å². The molecule has 0 radical (unpaired) electrons. The maximum absolute atomic E-state index is 5.98. The Kier molecular flexibility index (Phi) is 6.91. The lowest BCUT2D eigenvalue weighted by atomic mass is 10.2. The third-order valence-electron chi connectivity index (χ3n) is 3.29. The minimum Gasteiger partial charge on any atom is -0.467 e. The molecule has 5 heteroatoms. The van der Waals surface area contributed by atoms with E-state index in [1.165, 1.54) is 0 Å². The van der Waals surface area contributed by atoms with Crippen LogP contribution in [0.4, 0.5) is 0 Å². The van der Waals surface area contributed by atoms with Gasteiger partial charge in [-0.3, -0.25) is 0 Å². The molecule has 0 aliphatic carbocycles. The highest BCUT2D eigenvalue weighted by atomic mass is 16.3. The summed E-state index contributed by atoms with van der Waals surface area (Å²) in [5.74, 6) is 1.98. The van der Waals surface area contributed by atoms with Gasteiger partial charge in [0.05, 0.1) is 19.4 Å². The minimum atomic E-state index is 0.533. The number of aliphatic imine (C=N–C) groups is 2. The van der Waals surface area contributed by atoms with Crippen LogP contribution in [0.25, 0.3) is 0 Å². The Morgan fingerprint density at radius 3 is 2.70 bits per heavy atom. The van der Waals surface area contributed by atoms with Gasteiger partial charge < -0.3 is 15.5 Å². The van der Waals surface area contributed by atoms with Crippen LogP contribution < -0.4 is 11.1 Å². The zero-order chi connectivity index (χ0) is 16.3. The molecule has 0 bridgehead atoms. The number of guanidine groups is 1. The van der Waals surface area contributed by atoms with Crippen LogP contribution in [-0.2, 0) is 13.1 Å². The van der Waals surface area contributed by atoms with E-state index in [1.807, 2.05) is 42.5 Å². The normalized spacial score (nSPS) is 12.4. The number of rotatable bonds is 7. The Hall–Kier alpha value is -2.56. The molecule has 0 spiro atoms. The van der Waals surface area contributed by atoms with Crippen LogP contribution in [-0.4, -0.2) is 11.8 Å². The number of furan rings is 1. The second kappa shape index (κ2) is 9.46. The summed E-state index contributed by atoms with van der Waals surface area (Å²) in [4.78, 5) is 8.96. The predicted octanol–water partition coefficient (Wildman–Crippen LogP) is 3.47. The van der Waals surface area contributed by atoms with Crippen molar-refractivity contribution in [2.45, 2.75) is 39.3 Å². The topological polar surface area (TPSA) is 75.9 Å². The highest BCUT2D eigenvalue weighted by Crippen LogP contribution is 2.03. The number of nitrogens with zero attached hydrogens (tertiary/aromatic N) is 2. The van der Waals surface area contributed by atoms with Crippen LogP contribution in [0, 0.1) is 0 Å². The van der Waals surface area contributed by atoms with E-state index in [9.17, 15) is 0 Å². The zero-order valence-electron chi connectivity index (χ0n) is 13.5. The zero-order valence-corrected chi connectivity index (χ0v) is 13.5. The van der Waals surface area contributed by atoms with E-state index in [-0.39, 0.29) is 0 Å². The second-order valence-electron chi connectivity index (χ2n) is 5.27. The first-order valence-electron chi connectivity index (χ1n) is 7.95. The molecule has 1 aromatic carbocycles. The van der Waals surface area contributed by atoms with Crippen LogP contribution >= 0.6 is 0 Å². The third-order valence-corrected chi connectivity index (χ3v) is 3.29. The summed E-state index contributed by atoms with van der Waals surface area (Å²) in [6.45, 7) is 3.23. The van der Waals surface area contributed by atoms with Gasteiger partial charge in [-0.1, -0.05) is 43.7 Å². The van der Waals surface area contributed by atoms with Gasteiger partial charge in [-0.05, 0) is 24.1 Å². The molecule has 0 aliphatic heterocycles. The minimum absolute atomic E-state index is 0.533. The number of nitrogens with one attached hydrogen (secondary N) is 1. The molecular weight excluding hydrogens is 288 g/mol. The SMILES string of the molecule is CCCCC(N)=NC(=NCc1ccccc1)NCc1ccco1. The van der Waals surface area contributed by atoms with Gasteiger partial charge in [0.25, 0.3) is 0 Å². The van der Waals surface area contributed by atoms with E-state index in [0.717, 1.165) is 30.6 Å². The smallest absolute Gasteiger partial charge is 0.220 e. The Morgan fingerprint density at radius 1 is 1.17 bits per heavy atom. The maximum atomic E-state index is 5.98. The van der Waals surface area contributed by atoms with Gasteiger partial charge in [0.2, 0.25) is 5.96 Å². The van der Waals surface area contributed by atoms with Crippen molar-refractivity contribution in [3.8, 4) is 0 Å². The molecule has 0 aliphatic rings. The van der Waals surface area contributed by atoms with Gasteiger partial charge in [0.1, 0.15) is 11.6 Å². The average Bonchev–Trinajstić information content (AvgIpc) is 3.10. The molecule has 0 unspecified atom stereocenters. The van der Waals surface area contributed by atoms with Crippen LogP contribution in [0.1, 0.15) is 37.5 Å². The van der Waals surface area contributed by atoms with Crippen molar-refractivity contribution in [2.24, 2.45) is 15.7 Å². The van der Waals surface area contributed by atoms with E-state index in [0.29, 0.717) is 24.9 Å². The molecule has 0 atom stereocenters. The monoisotopic (exact) mass is 312 g/mol. The van der Waals surface area contributed by atoms with Crippen molar-refractivity contribution >= 4 is 11.8 Å². The first-order valence-corrected chi connectivity index (χ1v) is 7.95. The number of hydrogen-bond donors (Lipinski definition) is 2. The highest BCUT2D eigenvalue weighted by Gasteiger charge is 2.02. The molecule has 5 nitrogen and oxygen atoms in total. The quantitative estimate of drug-likeness (QED) is 0.607. The fourth-order valence-corrected chi connectivity index (χ4v) is 2.01. The lowest BCUT2D eigenvalue weighted by Crippen LogP contribution is -2.25. The molecule has 2 rings (SSSR count). The standard InChI is InChI=1S/C18H24N4O/c1-2-3-11-17(19)22-18(21-14-16-10-7-12-23-16)20-13-15-8-5-4-6-9-15/h4-10,12H,2-3,11,13-14H2,1H3,(H3,19,20,21,22). The molecular formula is C18H24N4O. The summed E-state index contributed by atoms with van der Waals surface area (Å²) in [6.07, 6.45) is 4.55. The molecule has 2 aromatic rings. The van der Waals surface area contributed by atoms with Gasteiger partial charge in [-0.2, -0.15) is 0 Å². The highest BCUT2D eigenvalue weighted by molar-refractivity contribution is 5.95. The first-order chi connectivity index (χ1) is 11.3. The Balaban J connectivity index is 2.03. The number of unbranched alkanes of at least 4 members (excludes halogenated alkanes) is 1. The van der Waals surface area contributed by atoms with Crippen LogP contribution in [0.2, 0.25) is 0 Å². The molecule has 3 N–H and O–H groups in total. The largest absolute Gasteiger partial charge is 0.467 e. The molecule has 122 valence electrons. The van der Waals surface area contributed by atoms with Crippen molar-refractivity contribution in [3.63, 3.8) is 0 Å². The van der Waals surface area contributed by atoms with Crippen molar-refractivity contribution in [1.29, 1.82) is 0 Å². The third kappa shape index (κ3) is 6.38. The summed E-state index contributed by atoms with van der Waals surface area (Å²) >= 11 is 0. The van der Waals surface area contributed by atoms with Crippen molar-refractivity contribution in [1.82, 2.24) is 5.32 Å². The summed E-state index contributed by atoms with van der Waals surface area (Å²) < 4.78 is 5.32. The van der Waals surface area contributed by atoms with Crippen molar-refractivity contribution in [2.75, 3.05) is 0 Å². The molecule has 23 heavy (non-hydrogen) atoms. The fraction of sp³-hybridized carbons (Fsp3) is 0.333. The fourth-order valence-electron chi connectivity index (χ4n) is 2.01. The summed E-state index contributed by atoms with van der Waals surface area (Å²) in [7, 11) is 0. The summed E-state index contributed by atoms with van der Waals surface area (Å²) in [5.41, 5.74) is 7.12. The number of amidine groups is 1. The molecule has 0 saturated carbocycles. The van der Waals surface area contributed by atoms with Gasteiger partial charge in [-0.25, -0.2) is 9.98 Å². The van der Waals surface area contributed by atoms with Crippen molar-refractivity contribution < 1.29 is 4.42 Å². The maximum Gasteiger partial charge on any atom is 0.220 e. The summed E-state index contributed by atoms with van der Waals surface area (Å²) in [5, 5.41) is 3.19. The van der Waals surface area contributed by atoms with Crippen molar-refractivity contribution in [3.05, 3.63) is 60.1 Å². The number of hydrogen-bond acceptors (Lipinski definition) is 2. The second-order valence-corrected chi connectivity index (χ2v) is 5.27. The van der Waals surface area contributed by atoms with Gasteiger partial charge in [0, 0.05) is 6.42 Å². The van der Waals surface area contributed by atoms with E-state index < -0.39 is 0 Å². The first kappa shape index (κ1) is 16.8. The molecule has 0 fully saturated rings. The van der Waals surface area contributed by atoms with Crippen LogP contribution in [0.15, 0.2) is 63.1 Å². The Labute approximate surface area is 137 Å². The Morgan fingerprint density at radius 2 is 2.00 bits per heavy atom. The van der Waals surface area contributed by atoms with Crippen LogP contribution in [0.5, 0.6) is 0 Å². The van der Waals surface area contributed by atoms with Gasteiger partial charge in [0.15, 0.2) is 0 Å². The number of nitrogens with two attached hydrogens (primary N) is 1. The van der Waals surface area contributed by atoms with Gasteiger partial charge >= 0.3 is 0 Å². The Bertz CT molecular complexity index is 618. The molecule has 1 aromatic heterocycles. The average molecular weight is 312 g/mol. The lowest BCUT2D eigenvalue weighted by Gasteiger charge is -2.06. The van der Waals surface area contributed by atoms with E-state index >= 15 is 0 Å². The number of benzene rings is 1. The lowest BCUT2D eigenvalue weighted by molar-refractivity contribution is 0.502. The van der Waals surface area contributed by atoms with Gasteiger partial charge in [-0.15, -0.1) is 0 Å². The predicted molar refractivity (Wildman–Crippen MR) is 94.3 cm³/mol. The van der Waals surface area contributed by atoms with E-state index in [4.69, 9.17) is 10.2 Å². The van der Waals surface area contributed by atoms with E-state index in [2.05, 4.69) is 22.2 Å². The summed E-state index contributed by atoms with van der Waals surface area (Å²) in [6, 6.07) is 13.8.